The van der Waals surface area contributed by atoms with Gasteiger partial charge in [0.05, 0.1) is 12.5 Å². The molecular weight excluding hydrogens is 177 g/mol. The Kier molecular flexibility index (Phi) is 2.92. The molecule has 1 rings (SSSR count). The van der Waals surface area contributed by atoms with Gasteiger partial charge in [-0.2, -0.15) is 4.39 Å². The summed E-state index contributed by atoms with van der Waals surface area (Å²) in [6, 6.07) is 2.74. The average Bonchev–Trinajstić information content (AvgIpc) is 2.03. The number of halogens is 1. The van der Waals surface area contributed by atoms with E-state index >= 15 is 0 Å². The van der Waals surface area contributed by atoms with Gasteiger partial charge in [0, 0.05) is 11.8 Å². The van der Waals surface area contributed by atoms with E-state index in [2.05, 4.69) is 4.98 Å². The zero-order valence-corrected chi connectivity index (χ0v) is 6.64. The predicted octanol–water partition coefficient (Wildman–Crippen LogP) is 0.729. The molecule has 5 heteroatoms. The van der Waals surface area contributed by atoms with Gasteiger partial charge in [-0.25, -0.2) is 4.98 Å². The molecule has 1 unspecified atom stereocenters. The lowest BCUT2D eigenvalue weighted by atomic mass is 10.1. The second kappa shape index (κ2) is 3.95. The van der Waals surface area contributed by atoms with Crippen LogP contribution in [0.5, 0.6) is 0 Å². The van der Waals surface area contributed by atoms with E-state index < -0.39 is 24.4 Å². The van der Waals surface area contributed by atoms with Crippen molar-refractivity contribution in [2.45, 2.75) is 12.5 Å². The summed E-state index contributed by atoms with van der Waals surface area (Å²) in [5.41, 5.74) is -0.0927. The SMILES string of the molecule is O=C(O)CC(O)c1cccnc1F. The summed E-state index contributed by atoms with van der Waals surface area (Å²) in [6.45, 7) is 0. The Balaban J connectivity index is 2.82. The molecule has 0 aliphatic rings. The zero-order valence-electron chi connectivity index (χ0n) is 6.64. The average molecular weight is 185 g/mol. The molecule has 1 aromatic rings. The van der Waals surface area contributed by atoms with Crippen LogP contribution in [0.2, 0.25) is 0 Å². The van der Waals surface area contributed by atoms with Gasteiger partial charge in [0.1, 0.15) is 0 Å². The first-order valence-corrected chi connectivity index (χ1v) is 3.61. The number of hydrogen-bond donors (Lipinski definition) is 2. The van der Waals surface area contributed by atoms with Crippen molar-refractivity contribution in [3.8, 4) is 0 Å². The highest BCUT2D eigenvalue weighted by molar-refractivity contribution is 5.67. The van der Waals surface area contributed by atoms with Crippen molar-refractivity contribution >= 4 is 5.97 Å². The van der Waals surface area contributed by atoms with Crippen LogP contribution >= 0.6 is 0 Å². The summed E-state index contributed by atoms with van der Waals surface area (Å²) in [4.78, 5) is 13.5. The van der Waals surface area contributed by atoms with Crippen molar-refractivity contribution < 1.29 is 19.4 Å². The van der Waals surface area contributed by atoms with Crippen molar-refractivity contribution in [1.82, 2.24) is 4.98 Å². The number of aliphatic carboxylic acids is 1. The Hall–Kier alpha value is -1.49. The smallest absolute Gasteiger partial charge is 0.306 e. The van der Waals surface area contributed by atoms with Gasteiger partial charge in [-0.05, 0) is 6.07 Å². The molecule has 0 radical (unpaired) electrons. The summed E-state index contributed by atoms with van der Waals surface area (Å²) in [6.07, 6.45) is -0.638. The fourth-order valence-electron chi connectivity index (χ4n) is 0.922. The van der Waals surface area contributed by atoms with E-state index in [9.17, 15) is 14.3 Å². The van der Waals surface area contributed by atoms with E-state index in [-0.39, 0.29) is 5.56 Å². The van der Waals surface area contributed by atoms with E-state index in [1.54, 1.807) is 0 Å². The molecule has 2 N–H and O–H groups in total. The number of aliphatic hydroxyl groups excluding tert-OH is 1. The van der Waals surface area contributed by atoms with Crippen LogP contribution in [0.1, 0.15) is 18.1 Å². The summed E-state index contributed by atoms with van der Waals surface area (Å²) in [5, 5.41) is 17.5. The minimum Gasteiger partial charge on any atom is -0.481 e. The quantitative estimate of drug-likeness (QED) is 0.681. The molecular formula is C8H8FNO3. The second-order valence-corrected chi connectivity index (χ2v) is 2.50. The Bertz CT molecular complexity index is 316. The molecule has 1 heterocycles. The summed E-state index contributed by atoms with van der Waals surface area (Å²) < 4.78 is 12.8. The second-order valence-electron chi connectivity index (χ2n) is 2.50. The molecule has 0 aliphatic carbocycles. The lowest BCUT2D eigenvalue weighted by Gasteiger charge is -2.07. The molecule has 4 nitrogen and oxygen atoms in total. The summed E-state index contributed by atoms with van der Waals surface area (Å²) in [7, 11) is 0. The monoisotopic (exact) mass is 185 g/mol. The van der Waals surface area contributed by atoms with Crippen LogP contribution in [-0.4, -0.2) is 21.2 Å². The van der Waals surface area contributed by atoms with Gasteiger partial charge in [0.15, 0.2) is 0 Å². The normalized spacial score (nSPS) is 12.5. The molecule has 1 atom stereocenters. The molecule has 0 fully saturated rings. The van der Waals surface area contributed by atoms with E-state index in [0.29, 0.717) is 0 Å². The number of carboxylic acids is 1. The number of pyridine rings is 1. The first-order chi connectivity index (χ1) is 6.11. The van der Waals surface area contributed by atoms with E-state index in [0.717, 1.165) is 0 Å². The number of rotatable bonds is 3. The minimum absolute atomic E-state index is 0.0927. The highest BCUT2D eigenvalue weighted by atomic mass is 19.1. The van der Waals surface area contributed by atoms with Gasteiger partial charge in [0.25, 0.3) is 0 Å². The van der Waals surface area contributed by atoms with E-state index in [4.69, 9.17) is 5.11 Å². The molecule has 0 spiro atoms. The van der Waals surface area contributed by atoms with Crippen LogP contribution in [0, 0.1) is 5.95 Å². The van der Waals surface area contributed by atoms with Crippen LogP contribution in [0.3, 0.4) is 0 Å². The standard InChI is InChI=1S/C8H8FNO3/c9-8-5(2-1-3-10-8)6(11)4-7(12)13/h1-3,6,11H,4H2,(H,12,13). The maximum atomic E-state index is 12.8. The third kappa shape index (κ3) is 2.48. The Morgan fingerprint density at radius 2 is 2.38 bits per heavy atom. The zero-order chi connectivity index (χ0) is 9.84. The van der Waals surface area contributed by atoms with Gasteiger partial charge < -0.3 is 10.2 Å². The minimum atomic E-state index is -1.34. The lowest BCUT2D eigenvalue weighted by Crippen LogP contribution is -2.07. The summed E-state index contributed by atoms with van der Waals surface area (Å²) >= 11 is 0. The third-order valence-electron chi connectivity index (χ3n) is 1.51. The van der Waals surface area contributed by atoms with Crippen LogP contribution < -0.4 is 0 Å². The number of nitrogens with zero attached hydrogens (tertiary/aromatic N) is 1. The molecule has 0 saturated heterocycles. The molecule has 13 heavy (non-hydrogen) atoms. The van der Waals surface area contributed by atoms with Gasteiger partial charge in [-0.15, -0.1) is 0 Å². The van der Waals surface area contributed by atoms with Crippen molar-refractivity contribution in [1.29, 1.82) is 0 Å². The highest BCUT2D eigenvalue weighted by Crippen LogP contribution is 2.17. The van der Waals surface area contributed by atoms with Gasteiger partial charge in [-0.1, -0.05) is 6.07 Å². The Morgan fingerprint density at radius 3 is 2.92 bits per heavy atom. The topological polar surface area (TPSA) is 70.4 Å². The van der Waals surface area contributed by atoms with Crippen LogP contribution in [0.4, 0.5) is 4.39 Å². The number of carboxylic acid groups (broad SMARTS) is 1. The van der Waals surface area contributed by atoms with Gasteiger partial charge in [-0.3, -0.25) is 4.79 Å². The number of aromatic nitrogens is 1. The Labute approximate surface area is 73.7 Å². The first-order valence-electron chi connectivity index (χ1n) is 3.61. The van der Waals surface area contributed by atoms with Crippen molar-refractivity contribution in [2.24, 2.45) is 0 Å². The van der Waals surface area contributed by atoms with Crippen molar-refractivity contribution in [3.05, 3.63) is 29.8 Å². The molecule has 0 saturated carbocycles. The van der Waals surface area contributed by atoms with Gasteiger partial charge >= 0.3 is 5.97 Å². The maximum absolute atomic E-state index is 12.8. The number of hydrogen-bond acceptors (Lipinski definition) is 3. The largest absolute Gasteiger partial charge is 0.481 e. The lowest BCUT2D eigenvalue weighted by molar-refractivity contribution is -0.139. The fraction of sp³-hybridized carbons (Fsp3) is 0.250. The molecule has 0 aliphatic heterocycles. The van der Waals surface area contributed by atoms with Gasteiger partial charge in [0.2, 0.25) is 5.95 Å². The van der Waals surface area contributed by atoms with Crippen molar-refractivity contribution in [2.75, 3.05) is 0 Å². The number of aliphatic hydroxyl groups is 1. The molecule has 0 bridgehead atoms. The molecule has 0 aromatic carbocycles. The van der Waals surface area contributed by atoms with E-state index in [1.165, 1.54) is 18.3 Å². The van der Waals surface area contributed by atoms with Crippen LogP contribution in [0.15, 0.2) is 18.3 Å². The highest BCUT2D eigenvalue weighted by Gasteiger charge is 2.15. The fourth-order valence-corrected chi connectivity index (χ4v) is 0.922. The first kappa shape index (κ1) is 9.60. The van der Waals surface area contributed by atoms with E-state index in [1.807, 2.05) is 0 Å². The Morgan fingerprint density at radius 1 is 1.69 bits per heavy atom. The molecule has 1 aromatic heterocycles. The van der Waals surface area contributed by atoms with Crippen LogP contribution in [0.25, 0.3) is 0 Å². The number of carbonyl (C=O) groups is 1. The third-order valence-corrected chi connectivity index (χ3v) is 1.51. The summed E-state index contributed by atoms with van der Waals surface area (Å²) in [5.74, 6) is -2.02. The molecule has 0 amide bonds. The maximum Gasteiger partial charge on any atom is 0.306 e. The predicted molar refractivity (Wildman–Crippen MR) is 41.4 cm³/mol. The molecule has 70 valence electrons. The van der Waals surface area contributed by atoms with Crippen LogP contribution in [-0.2, 0) is 4.79 Å². The van der Waals surface area contributed by atoms with Crippen molar-refractivity contribution in [3.63, 3.8) is 0 Å².